The zero-order valence-corrected chi connectivity index (χ0v) is 15.8. The Balaban J connectivity index is 1.66. The van der Waals surface area contributed by atoms with Gasteiger partial charge in [-0.1, -0.05) is 29.8 Å². The Hall–Kier alpha value is -1.75. The van der Waals surface area contributed by atoms with E-state index >= 15 is 0 Å². The van der Waals surface area contributed by atoms with Crippen molar-refractivity contribution in [2.24, 2.45) is 11.7 Å². The van der Waals surface area contributed by atoms with Gasteiger partial charge in [-0.2, -0.15) is 0 Å². The molecule has 0 spiro atoms. The Morgan fingerprint density at radius 3 is 2.73 bits per heavy atom. The highest BCUT2D eigenvalue weighted by molar-refractivity contribution is 6.32. The predicted molar refractivity (Wildman–Crippen MR) is 104 cm³/mol. The molecule has 0 saturated carbocycles. The molecule has 2 aromatic rings. The van der Waals surface area contributed by atoms with Crippen molar-refractivity contribution in [3.8, 4) is 11.5 Å². The molecule has 1 aliphatic carbocycles. The summed E-state index contributed by atoms with van der Waals surface area (Å²) in [6, 6.07) is 13.1. The van der Waals surface area contributed by atoms with Crippen molar-refractivity contribution in [2.75, 3.05) is 13.7 Å². The SMILES string of the molecule is COc1cc2c(cc1Cl)CCCC(C(N)C(O)COc1ccccc1)C2. The van der Waals surface area contributed by atoms with E-state index in [1.165, 1.54) is 11.1 Å². The van der Waals surface area contributed by atoms with Gasteiger partial charge in [0.15, 0.2) is 0 Å². The number of methoxy groups -OCH3 is 1. The summed E-state index contributed by atoms with van der Waals surface area (Å²) in [6.45, 7) is 0.193. The highest BCUT2D eigenvalue weighted by Crippen LogP contribution is 2.34. The van der Waals surface area contributed by atoms with Crippen molar-refractivity contribution in [3.05, 3.63) is 58.6 Å². The lowest BCUT2D eigenvalue weighted by Crippen LogP contribution is -2.45. The Morgan fingerprint density at radius 1 is 1.23 bits per heavy atom. The maximum absolute atomic E-state index is 10.5. The summed E-state index contributed by atoms with van der Waals surface area (Å²) in [5.41, 5.74) is 8.85. The first kappa shape index (κ1) is 19.0. The van der Waals surface area contributed by atoms with Crippen LogP contribution in [0.1, 0.15) is 24.0 Å². The van der Waals surface area contributed by atoms with E-state index in [-0.39, 0.29) is 18.6 Å². The molecule has 140 valence electrons. The minimum Gasteiger partial charge on any atom is -0.495 e. The summed E-state index contributed by atoms with van der Waals surface area (Å²) >= 11 is 6.26. The zero-order valence-electron chi connectivity index (χ0n) is 15.0. The van der Waals surface area contributed by atoms with E-state index in [1.807, 2.05) is 42.5 Å². The van der Waals surface area contributed by atoms with Gasteiger partial charge in [0.05, 0.1) is 12.1 Å². The third-order valence-corrected chi connectivity index (χ3v) is 5.43. The van der Waals surface area contributed by atoms with Gasteiger partial charge in [0.25, 0.3) is 0 Å². The molecule has 4 nitrogen and oxygen atoms in total. The lowest BCUT2D eigenvalue weighted by atomic mass is 9.87. The molecule has 3 rings (SSSR count). The topological polar surface area (TPSA) is 64.7 Å². The summed E-state index contributed by atoms with van der Waals surface area (Å²) in [5, 5.41) is 11.2. The average Bonchev–Trinajstić information content (AvgIpc) is 2.87. The number of para-hydroxylation sites is 1. The van der Waals surface area contributed by atoms with Crippen molar-refractivity contribution < 1.29 is 14.6 Å². The van der Waals surface area contributed by atoms with E-state index in [0.717, 1.165) is 31.4 Å². The molecule has 0 saturated heterocycles. The number of hydrogen-bond donors (Lipinski definition) is 2. The van der Waals surface area contributed by atoms with Crippen LogP contribution in [-0.4, -0.2) is 31.0 Å². The number of benzene rings is 2. The predicted octanol–water partition coefficient (Wildman–Crippen LogP) is 3.61. The van der Waals surface area contributed by atoms with Crippen molar-refractivity contribution in [2.45, 2.75) is 37.8 Å². The fraction of sp³-hybridized carbons (Fsp3) is 0.429. The molecule has 3 atom stereocenters. The van der Waals surface area contributed by atoms with Crippen LogP contribution in [0.25, 0.3) is 0 Å². The first-order chi connectivity index (χ1) is 12.6. The van der Waals surface area contributed by atoms with Crippen LogP contribution < -0.4 is 15.2 Å². The molecule has 0 fully saturated rings. The smallest absolute Gasteiger partial charge is 0.137 e. The van der Waals surface area contributed by atoms with Crippen molar-refractivity contribution in [1.82, 2.24) is 0 Å². The van der Waals surface area contributed by atoms with Gasteiger partial charge >= 0.3 is 0 Å². The van der Waals surface area contributed by atoms with E-state index in [1.54, 1.807) is 7.11 Å². The summed E-state index contributed by atoms with van der Waals surface area (Å²) in [5.74, 6) is 1.62. The minimum absolute atomic E-state index is 0.191. The Kier molecular flexibility index (Phi) is 6.41. The third kappa shape index (κ3) is 4.50. The fourth-order valence-corrected chi connectivity index (χ4v) is 3.87. The molecule has 3 N–H and O–H groups in total. The number of aryl methyl sites for hydroxylation is 1. The Labute approximate surface area is 159 Å². The largest absolute Gasteiger partial charge is 0.495 e. The van der Waals surface area contributed by atoms with E-state index in [2.05, 4.69) is 0 Å². The summed E-state index contributed by atoms with van der Waals surface area (Å²) in [4.78, 5) is 0. The standard InChI is InChI=1S/C21H26ClNO3/c1-25-20-12-16-10-15(7-5-6-14(16)11-18(20)22)21(23)19(24)13-26-17-8-3-2-4-9-17/h2-4,8-9,11-12,15,19,21,24H,5-7,10,13,23H2,1H3. The van der Waals surface area contributed by atoms with Gasteiger partial charge < -0.3 is 20.3 Å². The number of hydrogen-bond acceptors (Lipinski definition) is 4. The highest BCUT2D eigenvalue weighted by Gasteiger charge is 2.28. The first-order valence-corrected chi connectivity index (χ1v) is 9.43. The number of ether oxygens (including phenoxy) is 2. The second-order valence-electron chi connectivity index (χ2n) is 6.88. The molecule has 0 aliphatic heterocycles. The van der Waals surface area contributed by atoms with Crippen LogP contribution in [0, 0.1) is 5.92 Å². The second kappa shape index (κ2) is 8.76. The van der Waals surface area contributed by atoms with E-state index in [4.69, 9.17) is 26.8 Å². The second-order valence-corrected chi connectivity index (χ2v) is 7.29. The molecule has 3 unspecified atom stereocenters. The van der Waals surface area contributed by atoms with Gasteiger partial charge in [-0.05, 0) is 67.0 Å². The maximum atomic E-state index is 10.5. The first-order valence-electron chi connectivity index (χ1n) is 9.05. The number of nitrogens with two attached hydrogens (primary N) is 1. The van der Waals surface area contributed by atoms with Gasteiger partial charge in [-0.3, -0.25) is 0 Å². The van der Waals surface area contributed by atoms with Gasteiger partial charge in [0.2, 0.25) is 0 Å². The lowest BCUT2D eigenvalue weighted by Gasteiger charge is -2.27. The van der Waals surface area contributed by atoms with E-state index in [0.29, 0.717) is 10.8 Å². The van der Waals surface area contributed by atoms with E-state index in [9.17, 15) is 5.11 Å². The van der Waals surface area contributed by atoms with Crippen LogP contribution in [0.2, 0.25) is 5.02 Å². The summed E-state index contributed by atoms with van der Waals surface area (Å²) < 4.78 is 11.0. The third-order valence-electron chi connectivity index (χ3n) is 5.13. The number of aliphatic hydroxyl groups excluding tert-OH is 1. The summed E-state index contributed by atoms with van der Waals surface area (Å²) in [7, 11) is 1.62. The highest BCUT2D eigenvalue weighted by atomic mass is 35.5. The summed E-state index contributed by atoms with van der Waals surface area (Å²) in [6.07, 6.45) is 3.07. The van der Waals surface area contributed by atoms with Crippen molar-refractivity contribution >= 4 is 11.6 Å². The van der Waals surface area contributed by atoms with Gasteiger partial charge in [0.1, 0.15) is 24.2 Å². The zero-order chi connectivity index (χ0) is 18.5. The molecular weight excluding hydrogens is 350 g/mol. The van der Waals surface area contributed by atoms with Gasteiger partial charge in [0, 0.05) is 6.04 Å². The normalized spacial score (nSPS) is 19.2. The molecule has 0 amide bonds. The molecule has 5 heteroatoms. The average molecular weight is 376 g/mol. The number of halogens is 1. The van der Waals surface area contributed by atoms with Crippen LogP contribution in [0.3, 0.4) is 0 Å². The lowest BCUT2D eigenvalue weighted by molar-refractivity contribution is 0.0645. The molecule has 2 aromatic carbocycles. The minimum atomic E-state index is -0.712. The van der Waals surface area contributed by atoms with E-state index < -0.39 is 6.10 Å². The number of aliphatic hydroxyl groups is 1. The van der Waals surface area contributed by atoms with Crippen LogP contribution in [-0.2, 0) is 12.8 Å². The molecule has 0 aromatic heterocycles. The van der Waals surface area contributed by atoms with Gasteiger partial charge in [-0.25, -0.2) is 0 Å². The van der Waals surface area contributed by atoms with Crippen LogP contribution in [0.15, 0.2) is 42.5 Å². The molecule has 0 heterocycles. The number of rotatable bonds is 6. The maximum Gasteiger partial charge on any atom is 0.137 e. The van der Waals surface area contributed by atoms with Crippen LogP contribution >= 0.6 is 11.6 Å². The van der Waals surface area contributed by atoms with Crippen LogP contribution in [0.5, 0.6) is 11.5 Å². The molecule has 1 aliphatic rings. The monoisotopic (exact) mass is 375 g/mol. The van der Waals surface area contributed by atoms with Gasteiger partial charge in [-0.15, -0.1) is 0 Å². The fourth-order valence-electron chi connectivity index (χ4n) is 3.61. The Morgan fingerprint density at radius 2 is 2.00 bits per heavy atom. The molecule has 0 radical (unpaired) electrons. The molecular formula is C21H26ClNO3. The van der Waals surface area contributed by atoms with Crippen LogP contribution in [0.4, 0.5) is 0 Å². The number of fused-ring (bicyclic) bond motifs is 1. The molecule has 0 bridgehead atoms. The Bertz CT molecular complexity index is 723. The van der Waals surface area contributed by atoms with Crippen molar-refractivity contribution in [1.29, 1.82) is 0 Å². The quantitative estimate of drug-likeness (QED) is 0.757. The molecule has 26 heavy (non-hydrogen) atoms. The van der Waals surface area contributed by atoms with Crippen molar-refractivity contribution in [3.63, 3.8) is 0 Å².